The van der Waals surface area contributed by atoms with Gasteiger partial charge in [-0.2, -0.15) is 0 Å². The lowest BCUT2D eigenvalue weighted by Gasteiger charge is -2.61. The van der Waals surface area contributed by atoms with E-state index in [2.05, 4.69) is 5.32 Å². The van der Waals surface area contributed by atoms with Gasteiger partial charge in [0.15, 0.2) is 16.6 Å². The minimum Gasteiger partial charge on any atom is -0.493 e. The molecule has 3 aliphatic rings. The molecule has 0 aromatic heterocycles. The van der Waals surface area contributed by atoms with E-state index >= 15 is 0 Å². The summed E-state index contributed by atoms with van der Waals surface area (Å²) in [7, 11) is 3.30. The third kappa shape index (κ3) is 3.14. The summed E-state index contributed by atoms with van der Waals surface area (Å²) in [6.45, 7) is 0.509. The molecule has 1 saturated heterocycles. The van der Waals surface area contributed by atoms with Crippen molar-refractivity contribution in [3.8, 4) is 11.5 Å². The Morgan fingerprint density at radius 3 is 2.57 bits per heavy atom. The van der Waals surface area contributed by atoms with Crippen LogP contribution in [0, 0.1) is 5.92 Å². The summed E-state index contributed by atoms with van der Waals surface area (Å²) in [5.41, 5.74) is 0.0363. The predicted molar refractivity (Wildman–Crippen MR) is 114 cm³/mol. The zero-order chi connectivity index (χ0) is 19.8. The first-order chi connectivity index (χ1) is 13.5. The normalized spacial score (nSPS) is 29.2. The topological polar surface area (TPSA) is 54.0 Å². The van der Waals surface area contributed by atoms with Gasteiger partial charge in [-0.25, -0.2) is 0 Å². The van der Waals surface area contributed by atoms with Gasteiger partial charge in [-0.15, -0.1) is 0 Å². The van der Waals surface area contributed by atoms with Crippen LogP contribution < -0.4 is 14.8 Å². The lowest BCUT2D eigenvalue weighted by atomic mass is 9.62. The van der Waals surface area contributed by atoms with Crippen molar-refractivity contribution in [2.24, 2.45) is 5.92 Å². The number of hydrogen-bond acceptors (Lipinski definition) is 4. The number of methoxy groups -OCH3 is 2. The summed E-state index contributed by atoms with van der Waals surface area (Å²) in [5, 5.41) is 16.4. The largest absolute Gasteiger partial charge is 0.493 e. The molecule has 2 atom stereocenters. The number of ether oxygens (including phenoxy) is 2. The maximum atomic E-state index is 12.0. The Morgan fingerprint density at radius 1 is 1.11 bits per heavy atom. The minimum atomic E-state index is -0.897. The smallest absolute Gasteiger partial charge is 0.171 e. The Labute approximate surface area is 173 Å². The molecule has 1 spiro atoms. The van der Waals surface area contributed by atoms with Gasteiger partial charge in [-0.1, -0.05) is 37.8 Å². The number of rotatable bonds is 4. The van der Waals surface area contributed by atoms with Crippen LogP contribution in [-0.2, 0) is 6.54 Å². The molecule has 0 bridgehead atoms. The third-order valence-electron chi connectivity index (χ3n) is 7.14. The summed E-state index contributed by atoms with van der Waals surface area (Å²) in [6.07, 6.45) is 9.97. The van der Waals surface area contributed by atoms with Crippen LogP contribution in [0.15, 0.2) is 18.2 Å². The monoisotopic (exact) mass is 404 g/mol. The van der Waals surface area contributed by atoms with E-state index in [0.717, 1.165) is 37.7 Å². The maximum absolute atomic E-state index is 12.0. The van der Waals surface area contributed by atoms with E-state index in [1.807, 2.05) is 23.1 Å². The number of thiocarbonyl (C=S) groups is 1. The highest BCUT2D eigenvalue weighted by Crippen LogP contribution is 2.51. The zero-order valence-electron chi connectivity index (χ0n) is 17.0. The summed E-state index contributed by atoms with van der Waals surface area (Å²) >= 11 is 5.84. The molecule has 4 rings (SSSR count). The van der Waals surface area contributed by atoms with Gasteiger partial charge in [-0.3, -0.25) is 0 Å². The van der Waals surface area contributed by atoms with Gasteiger partial charge in [0.2, 0.25) is 0 Å². The van der Waals surface area contributed by atoms with E-state index in [1.54, 1.807) is 14.2 Å². The Morgan fingerprint density at radius 2 is 1.86 bits per heavy atom. The number of nitrogens with zero attached hydrogens (tertiary/aromatic N) is 1. The zero-order valence-corrected chi connectivity index (χ0v) is 17.8. The summed E-state index contributed by atoms with van der Waals surface area (Å²) in [6, 6.07) is 5.88. The number of nitrogens with one attached hydrogen (secondary N) is 1. The lowest BCUT2D eigenvalue weighted by molar-refractivity contribution is -0.184. The quantitative estimate of drug-likeness (QED) is 0.741. The van der Waals surface area contributed by atoms with Crippen molar-refractivity contribution in [3.63, 3.8) is 0 Å². The van der Waals surface area contributed by atoms with E-state index in [4.69, 9.17) is 21.7 Å². The molecule has 5 nitrogen and oxygen atoms in total. The standard InChI is InChI=1S/C22H32N2O3S/c1-26-17-10-8-9-16(19(17)27-2)15-24-20(28)23-21(12-5-3-6-13-21)18-11-4-7-14-22(18,24)25/h8-10,18,25H,3-7,11-15H2,1-2H3,(H,23,28)/t18-,22+/m1/s1. The average molecular weight is 405 g/mol. The van der Waals surface area contributed by atoms with Crippen molar-refractivity contribution in [2.75, 3.05) is 14.2 Å². The molecular weight excluding hydrogens is 372 g/mol. The molecule has 1 aromatic rings. The highest BCUT2D eigenvalue weighted by molar-refractivity contribution is 7.80. The minimum absolute atomic E-state index is 0.0422. The number of para-hydroxylation sites is 1. The molecule has 2 saturated carbocycles. The van der Waals surface area contributed by atoms with Gasteiger partial charge in [0.05, 0.1) is 20.8 Å². The highest BCUT2D eigenvalue weighted by Gasteiger charge is 2.58. The van der Waals surface area contributed by atoms with Crippen molar-refractivity contribution in [3.05, 3.63) is 23.8 Å². The summed E-state index contributed by atoms with van der Waals surface area (Å²) in [5.74, 6) is 1.62. The van der Waals surface area contributed by atoms with Crippen LogP contribution in [0.2, 0.25) is 0 Å². The van der Waals surface area contributed by atoms with E-state index in [0.29, 0.717) is 23.2 Å². The fourth-order valence-electron chi connectivity index (χ4n) is 5.84. The highest BCUT2D eigenvalue weighted by atomic mass is 32.1. The summed E-state index contributed by atoms with van der Waals surface area (Å²) in [4.78, 5) is 2.02. The Bertz CT molecular complexity index is 734. The second-order valence-electron chi connectivity index (χ2n) is 8.56. The molecule has 0 amide bonds. The third-order valence-corrected chi connectivity index (χ3v) is 7.46. The molecule has 2 N–H and O–H groups in total. The first-order valence-electron chi connectivity index (χ1n) is 10.6. The molecule has 6 heteroatoms. The average Bonchev–Trinajstić information content (AvgIpc) is 2.71. The molecule has 1 aliphatic heterocycles. The summed E-state index contributed by atoms with van der Waals surface area (Å²) < 4.78 is 11.1. The van der Waals surface area contributed by atoms with E-state index in [-0.39, 0.29) is 11.5 Å². The van der Waals surface area contributed by atoms with Crippen molar-refractivity contribution >= 4 is 17.3 Å². The first kappa shape index (κ1) is 19.8. The Hall–Kier alpha value is -1.53. The molecule has 2 aliphatic carbocycles. The van der Waals surface area contributed by atoms with Crippen molar-refractivity contribution in [1.29, 1.82) is 0 Å². The van der Waals surface area contributed by atoms with Crippen LogP contribution in [0.1, 0.15) is 63.4 Å². The molecule has 154 valence electrons. The fraction of sp³-hybridized carbons (Fsp3) is 0.682. The first-order valence-corrected chi connectivity index (χ1v) is 11.0. The predicted octanol–water partition coefficient (Wildman–Crippen LogP) is 3.98. The lowest BCUT2D eigenvalue weighted by Crippen LogP contribution is -2.75. The second kappa shape index (κ2) is 7.71. The molecule has 1 aromatic carbocycles. The number of hydrogen-bond donors (Lipinski definition) is 2. The molecule has 0 unspecified atom stereocenters. The van der Waals surface area contributed by atoms with E-state index in [9.17, 15) is 5.11 Å². The number of aliphatic hydroxyl groups is 1. The van der Waals surface area contributed by atoms with Gasteiger partial charge in [0.1, 0.15) is 5.72 Å². The van der Waals surface area contributed by atoms with Crippen LogP contribution in [-0.4, -0.2) is 40.6 Å². The van der Waals surface area contributed by atoms with Crippen molar-refractivity contribution in [2.45, 2.75) is 75.6 Å². The van der Waals surface area contributed by atoms with Gasteiger partial charge >= 0.3 is 0 Å². The Balaban J connectivity index is 1.69. The SMILES string of the molecule is COc1cccc(CN2C(=S)NC3(CCCCC3)[C@H]3CCCC[C@]32O)c1OC. The van der Waals surface area contributed by atoms with Crippen LogP contribution in [0.3, 0.4) is 0 Å². The van der Waals surface area contributed by atoms with Crippen LogP contribution in [0.4, 0.5) is 0 Å². The Kier molecular flexibility index (Phi) is 5.45. The van der Waals surface area contributed by atoms with E-state index < -0.39 is 5.72 Å². The number of fused-ring (bicyclic) bond motifs is 2. The maximum Gasteiger partial charge on any atom is 0.171 e. The molecular formula is C22H32N2O3S. The molecule has 28 heavy (non-hydrogen) atoms. The molecule has 1 heterocycles. The van der Waals surface area contributed by atoms with Crippen molar-refractivity contribution < 1.29 is 14.6 Å². The number of benzene rings is 1. The van der Waals surface area contributed by atoms with Gasteiger partial charge in [-0.05, 0) is 50.4 Å². The van der Waals surface area contributed by atoms with Gasteiger partial charge < -0.3 is 24.8 Å². The van der Waals surface area contributed by atoms with Crippen LogP contribution in [0.25, 0.3) is 0 Å². The van der Waals surface area contributed by atoms with E-state index in [1.165, 1.54) is 25.7 Å². The second-order valence-corrected chi connectivity index (χ2v) is 8.95. The molecule has 3 fully saturated rings. The van der Waals surface area contributed by atoms with Crippen LogP contribution in [0.5, 0.6) is 11.5 Å². The molecule has 0 radical (unpaired) electrons. The fourth-order valence-corrected chi connectivity index (χ4v) is 6.26. The van der Waals surface area contributed by atoms with Gasteiger partial charge in [0, 0.05) is 17.0 Å². The van der Waals surface area contributed by atoms with Crippen LogP contribution >= 0.6 is 12.2 Å². The van der Waals surface area contributed by atoms with Gasteiger partial charge in [0.25, 0.3) is 0 Å². The van der Waals surface area contributed by atoms with Crippen molar-refractivity contribution in [1.82, 2.24) is 10.2 Å².